The Hall–Kier alpha value is -1.79. The van der Waals surface area contributed by atoms with Crippen LogP contribution in [0, 0.1) is 0 Å². The molecule has 0 aliphatic rings. The number of rotatable bonds is 6. The van der Waals surface area contributed by atoms with E-state index in [1.54, 1.807) is 0 Å². The van der Waals surface area contributed by atoms with Crippen LogP contribution >= 0.6 is 0 Å². The lowest BCUT2D eigenvalue weighted by atomic mass is 9.91. The summed E-state index contributed by atoms with van der Waals surface area (Å²) in [7, 11) is 0.814. The molecule has 1 rings (SSSR count). The quantitative estimate of drug-likeness (QED) is 0.686. The third-order valence-electron chi connectivity index (χ3n) is 3.34. The molecular formula is C13H9F11O2. The van der Waals surface area contributed by atoms with Gasteiger partial charge in [-0.05, 0) is 6.07 Å². The maximum atomic E-state index is 13.8. The zero-order valence-electron chi connectivity index (χ0n) is 12.4. The number of para-hydroxylation sites is 1. The highest BCUT2D eigenvalue weighted by atomic mass is 19.4. The van der Waals surface area contributed by atoms with Crippen LogP contribution in [-0.2, 0) is 0 Å². The summed E-state index contributed by atoms with van der Waals surface area (Å²) in [5.41, 5.74) is -1.23. The number of ether oxygens (including phenoxy) is 1. The summed E-state index contributed by atoms with van der Waals surface area (Å²) < 4.78 is 147. The molecule has 150 valence electrons. The van der Waals surface area contributed by atoms with Gasteiger partial charge in [0.25, 0.3) is 0 Å². The molecule has 0 saturated heterocycles. The molecule has 1 atom stereocenters. The third kappa shape index (κ3) is 3.05. The Morgan fingerprint density at radius 2 is 1.23 bits per heavy atom. The Kier molecular flexibility index (Phi) is 5.50. The number of halogens is 11. The largest absolute Gasteiger partial charge is 0.496 e. The molecule has 0 amide bonds. The van der Waals surface area contributed by atoms with E-state index in [4.69, 9.17) is 0 Å². The molecule has 1 unspecified atom stereocenters. The number of aliphatic hydroxyl groups is 1. The molecule has 0 heterocycles. The van der Waals surface area contributed by atoms with Gasteiger partial charge >= 0.3 is 29.9 Å². The zero-order chi connectivity index (χ0) is 20.8. The summed E-state index contributed by atoms with van der Waals surface area (Å²) in [5, 5.41) is 9.36. The van der Waals surface area contributed by atoms with Gasteiger partial charge in [-0.3, -0.25) is 0 Å². The van der Waals surface area contributed by atoms with Crippen LogP contribution in [0.5, 0.6) is 5.75 Å². The molecule has 1 N–H and O–H groups in total. The molecule has 0 aliphatic carbocycles. The summed E-state index contributed by atoms with van der Waals surface area (Å²) >= 11 is 0. The lowest BCUT2D eigenvalue weighted by molar-refractivity contribution is -0.429. The number of hydrogen-bond acceptors (Lipinski definition) is 2. The zero-order valence-corrected chi connectivity index (χ0v) is 12.4. The lowest BCUT2D eigenvalue weighted by Crippen LogP contribution is -2.67. The minimum atomic E-state index is -7.58. The van der Waals surface area contributed by atoms with Gasteiger partial charge in [0.1, 0.15) is 5.75 Å². The van der Waals surface area contributed by atoms with Crippen LogP contribution in [0.2, 0.25) is 0 Å². The minimum absolute atomic E-state index is 0.507. The second-order valence-electron chi connectivity index (χ2n) is 4.99. The smallest absolute Gasteiger partial charge is 0.460 e. The van der Waals surface area contributed by atoms with Gasteiger partial charge in [-0.25, -0.2) is 0 Å². The fourth-order valence-electron chi connectivity index (χ4n) is 1.84. The minimum Gasteiger partial charge on any atom is -0.496 e. The molecule has 0 radical (unpaired) electrons. The summed E-state index contributed by atoms with van der Waals surface area (Å²) in [6.45, 7) is 0. The van der Waals surface area contributed by atoms with Gasteiger partial charge in [0.15, 0.2) is 6.10 Å². The van der Waals surface area contributed by atoms with E-state index >= 15 is 0 Å². The topological polar surface area (TPSA) is 29.5 Å². The van der Waals surface area contributed by atoms with Crippen LogP contribution in [0.15, 0.2) is 24.3 Å². The predicted molar refractivity (Wildman–Crippen MR) is 63.8 cm³/mol. The maximum Gasteiger partial charge on any atom is 0.460 e. The molecule has 2 nitrogen and oxygen atoms in total. The highest BCUT2D eigenvalue weighted by molar-refractivity contribution is 5.36. The first-order chi connectivity index (χ1) is 11.5. The highest BCUT2D eigenvalue weighted by Crippen LogP contribution is 2.59. The van der Waals surface area contributed by atoms with Crippen molar-refractivity contribution in [3.05, 3.63) is 29.8 Å². The van der Waals surface area contributed by atoms with Gasteiger partial charge in [0.2, 0.25) is 0 Å². The summed E-state index contributed by atoms with van der Waals surface area (Å²) in [5.74, 6) is -29.5. The van der Waals surface area contributed by atoms with Crippen molar-refractivity contribution in [2.75, 3.05) is 7.11 Å². The third-order valence-corrected chi connectivity index (χ3v) is 3.34. The van der Waals surface area contributed by atoms with Crippen molar-refractivity contribution < 1.29 is 58.1 Å². The Morgan fingerprint density at radius 1 is 0.769 bits per heavy atom. The molecule has 0 saturated carbocycles. The number of hydrogen-bond donors (Lipinski definition) is 1. The van der Waals surface area contributed by atoms with Gasteiger partial charge in [0.05, 0.1) is 7.11 Å². The van der Waals surface area contributed by atoms with E-state index in [1.807, 2.05) is 0 Å². The molecular weight excluding hydrogens is 397 g/mol. The van der Waals surface area contributed by atoms with Gasteiger partial charge in [0, 0.05) is 5.56 Å². The molecule has 0 bridgehead atoms. The standard InChI is InChI=1S/C13H9F11O2/c1-26-7-5-3-2-4-6(7)8(25)9(14,15)10(16,17)11(18,19)12(20,21)13(22,23)24/h2-5,8,25H,1H3. The van der Waals surface area contributed by atoms with Crippen molar-refractivity contribution in [3.8, 4) is 5.75 Å². The summed E-state index contributed by atoms with van der Waals surface area (Å²) in [6, 6.07) is 3.30. The molecule has 1 aromatic rings. The number of benzene rings is 1. The second-order valence-corrected chi connectivity index (χ2v) is 4.99. The van der Waals surface area contributed by atoms with E-state index in [2.05, 4.69) is 4.74 Å². The van der Waals surface area contributed by atoms with Gasteiger partial charge in [-0.1, -0.05) is 18.2 Å². The summed E-state index contributed by atoms with van der Waals surface area (Å²) in [4.78, 5) is 0. The van der Waals surface area contributed by atoms with E-state index in [1.165, 1.54) is 0 Å². The van der Waals surface area contributed by atoms with E-state index in [0.717, 1.165) is 25.3 Å². The van der Waals surface area contributed by atoms with E-state index in [9.17, 15) is 53.4 Å². The van der Waals surface area contributed by atoms with Crippen molar-refractivity contribution in [1.29, 1.82) is 0 Å². The van der Waals surface area contributed by atoms with E-state index in [0.29, 0.717) is 6.07 Å². The molecule has 13 heteroatoms. The Balaban J connectivity index is 3.49. The predicted octanol–water partition coefficient (Wildman–Crippen LogP) is 4.83. The van der Waals surface area contributed by atoms with Crippen molar-refractivity contribution in [3.63, 3.8) is 0 Å². The average Bonchev–Trinajstić information content (AvgIpc) is 2.52. The normalized spacial score (nSPS) is 15.7. The SMILES string of the molecule is COc1ccccc1C(O)C(F)(F)C(F)(F)C(F)(F)C(F)(F)C(F)(F)F. The van der Waals surface area contributed by atoms with Crippen molar-refractivity contribution >= 4 is 0 Å². The first kappa shape index (κ1) is 22.3. The number of methoxy groups -OCH3 is 1. The molecule has 0 spiro atoms. The van der Waals surface area contributed by atoms with Crippen molar-refractivity contribution in [1.82, 2.24) is 0 Å². The summed E-state index contributed by atoms with van der Waals surface area (Å²) in [6.07, 6.45) is -11.1. The van der Waals surface area contributed by atoms with E-state index in [-0.39, 0.29) is 0 Å². The van der Waals surface area contributed by atoms with Crippen LogP contribution in [0.25, 0.3) is 0 Å². The van der Waals surface area contributed by atoms with E-state index < -0.39 is 47.3 Å². The van der Waals surface area contributed by atoms with Gasteiger partial charge < -0.3 is 9.84 Å². The Labute approximate surface area is 138 Å². The number of alkyl halides is 11. The monoisotopic (exact) mass is 406 g/mol. The first-order valence-corrected chi connectivity index (χ1v) is 6.35. The van der Waals surface area contributed by atoms with Gasteiger partial charge in [-0.15, -0.1) is 0 Å². The molecule has 26 heavy (non-hydrogen) atoms. The molecule has 0 aromatic heterocycles. The fraction of sp³-hybridized carbons (Fsp3) is 0.538. The van der Waals surface area contributed by atoms with Crippen molar-refractivity contribution in [2.45, 2.75) is 36.0 Å². The Bertz CT molecular complexity index is 639. The highest BCUT2D eigenvalue weighted by Gasteiger charge is 2.88. The first-order valence-electron chi connectivity index (χ1n) is 6.35. The van der Waals surface area contributed by atoms with Crippen molar-refractivity contribution in [2.24, 2.45) is 0 Å². The molecule has 0 fully saturated rings. The second kappa shape index (κ2) is 6.43. The molecule has 0 aliphatic heterocycles. The molecule has 1 aromatic carbocycles. The van der Waals surface area contributed by atoms with Gasteiger partial charge in [-0.2, -0.15) is 48.3 Å². The van der Waals surface area contributed by atoms with Crippen LogP contribution in [0.1, 0.15) is 11.7 Å². The number of aliphatic hydroxyl groups excluding tert-OH is 1. The van der Waals surface area contributed by atoms with Crippen LogP contribution < -0.4 is 4.74 Å². The maximum absolute atomic E-state index is 13.8. The average molecular weight is 406 g/mol. The van der Waals surface area contributed by atoms with Crippen LogP contribution in [-0.4, -0.2) is 42.1 Å². The Morgan fingerprint density at radius 3 is 1.65 bits per heavy atom. The lowest BCUT2D eigenvalue weighted by Gasteiger charge is -2.39. The van der Waals surface area contributed by atoms with Crippen LogP contribution in [0.3, 0.4) is 0 Å². The van der Waals surface area contributed by atoms with Crippen LogP contribution in [0.4, 0.5) is 48.3 Å². The fourth-order valence-corrected chi connectivity index (χ4v) is 1.84.